The van der Waals surface area contributed by atoms with Crippen LogP contribution in [0.3, 0.4) is 0 Å². The fraction of sp³-hybridized carbons (Fsp3) is 0.455. The second kappa shape index (κ2) is 5.34. The van der Waals surface area contributed by atoms with Crippen LogP contribution in [0, 0.1) is 0 Å². The minimum Gasteiger partial charge on any atom is -0.404 e. The van der Waals surface area contributed by atoms with Crippen molar-refractivity contribution in [2.45, 2.75) is 12.4 Å². The maximum atomic E-state index is 12.1. The summed E-state index contributed by atoms with van der Waals surface area (Å²) in [6.45, 7) is 1.79. The number of benzene rings is 1. The van der Waals surface area contributed by atoms with Gasteiger partial charge in [0.1, 0.15) is 5.75 Å². The molecule has 0 saturated carbocycles. The number of nitrogens with one attached hydrogen (secondary N) is 1. The molecule has 1 heterocycles. The van der Waals surface area contributed by atoms with Crippen LogP contribution >= 0.6 is 11.6 Å². The molecule has 1 N–H and O–H groups in total. The smallest absolute Gasteiger partial charge is 0.404 e. The van der Waals surface area contributed by atoms with Gasteiger partial charge < -0.3 is 14.8 Å². The third-order valence-electron chi connectivity index (χ3n) is 2.51. The van der Waals surface area contributed by atoms with E-state index in [0.717, 1.165) is 5.56 Å². The highest BCUT2D eigenvalue weighted by atomic mass is 35.5. The topological polar surface area (TPSA) is 30.5 Å². The molecular weight excluding hydrogens is 271 g/mol. The van der Waals surface area contributed by atoms with Crippen molar-refractivity contribution in [3.8, 4) is 5.75 Å². The summed E-state index contributed by atoms with van der Waals surface area (Å²) in [5.41, 5.74) is 0.772. The molecule has 0 spiro atoms. The lowest BCUT2D eigenvalue weighted by atomic mass is 10.1. The van der Waals surface area contributed by atoms with Gasteiger partial charge in [-0.05, 0) is 17.7 Å². The van der Waals surface area contributed by atoms with Crippen LogP contribution in [0.25, 0.3) is 0 Å². The number of rotatable bonds is 2. The summed E-state index contributed by atoms with van der Waals surface area (Å²) >= 11 is 5.76. The summed E-state index contributed by atoms with van der Waals surface area (Å²) in [6.07, 6.45) is -4.74. The first-order chi connectivity index (χ1) is 8.46. The summed E-state index contributed by atoms with van der Waals surface area (Å²) in [5.74, 6) is -0.398. The Morgan fingerprint density at radius 2 is 2.17 bits per heavy atom. The van der Waals surface area contributed by atoms with E-state index in [2.05, 4.69) is 10.1 Å². The Morgan fingerprint density at radius 3 is 2.72 bits per heavy atom. The van der Waals surface area contributed by atoms with Crippen LogP contribution in [0.15, 0.2) is 18.2 Å². The van der Waals surface area contributed by atoms with E-state index in [9.17, 15) is 13.2 Å². The summed E-state index contributed by atoms with van der Waals surface area (Å²) in [4.78, 5) is 0. The highest BCUT2D eigenvalue weighted by molar-refractivity contribution is 6.32. The van der Waals surface area contributed by atoms with Crippen molar-refractivity contribution >= 4 is 11.6 Å². The van der Waals surface area contributed by atoms with E-state index in [4.69, 9.17) is 16.3 Å². The first-order valence-corrected chi connectivity index (χ1v) is 5.70. The number of alkyl halides is 3. The van der Waals surface area contributed by atoms with E-state index in [1.165, 1.54) is 12.1 Å². The standard InChI is InChI=1S/C11H11ClF3NO2/c12-8-5-7(9-6-17-4-3-16-9)1-2-10(8)18-11(13,14)15/h1-2,5,9,16H,3-4,6H2/t9-/m0/s1. The fourth-order valence-corrected chi connectivity index (χ4v) is 1.95. The van der Waals surface area contributed by atoms with Gasteiger partial charge in [-0.25, -0.2) is 0 Å². The van der Waals surface area contributed by atoms with E-state index < -0.39 is 12.1 Å². The van der Waals surface area contributed by atoms with Gasteiger partial charge in [-0.15, -0.1) is 13.2 Å². The van der Waals surface area contributed by atoms with Gasteiger partial charge in [-0.2, -0.15) is 0 Å². The predicted octanol–water partition coefficient (Wildman–Crippen LogP) is 2.90. The summed E-state index contributed by atoms with van der Waals surface area (Å²) < 4.78 is 45.3. The highest BCUT2D eigenvalue weighted by Gasteiger charge is 2.32. The Kier molecular flexibility index (Phi) is 3.99. The largest absolute Gasteiger partial charge is 0.573 e. The van der Waals surface area contributed by atoms with Crippen LogP contribution in [0.4, 0.5) is 13.2 Å². The van der Waals surface area contributed by atoms with E-state index in [0.29, 0.717) is 19.8 Å². The second-order valence-corrected chi connectivity index (χ2v) is 4.23. The van der Waals surface area contributed by atoms with Crippen molar-refractivity contribution in [3.05, 3.63) is 28.8 Å². The molecule has 7 heteroatoms. The summed E-state index contributed by atoms with van der Waals surface area (Å²) in [7, 11) is 0. The zero-order chi connectivity index (χ0) is 13.2. The van der Waals surface area contributed by atoms with E-state index in [-0.39, 0.29) is 11.1 Å². The van der Waals surface area contributed by atoms with Gasteiger partial charge in [0.05, 0.1) is 24.3 Å². The maximum Gasteiger partial charge on any atom is 0.573 e. The molecule has 3 nitrogen and oxygen atoms in total. The zero-order valence-corrected chi connectivity index (χ0v) is 10.0. The SMILES string of the molecule is FC(F)(F)Oc1ccc([C@@H]2COCCN2)cc1Cl. The normalized spacial score (nSPS) is 20.8. The zero-order valence-electron chi connectivity index (χ0n) is 9.26. The number of halogens is 4. The van der Waals surface area contributed by atoms with Crippen LogP contribution in [-0.4, -0.2) is 26.1 Å². The van der Waals surface area contributed by atoms with Crippen molar-refractivity contribution in [3.63, 3.8) is 0 Å². The molecule has 0 bridgehead atoms. The Morgan fingerprint density at radius 1 is 1.39 bits per heavy atom. The Balaban J connectivity index is 2.13. The molecule has 1 fully saturated rings. The third-order valence-corrected chi connectivity index (χ3v) is 2.80. The van der Waals surface area contributed by atoms with Crippen molar-refractivity contribution in [1.82, 2.24) is 5.32 Å². The first kappa shape index (κ1) is 13.5. The maximum absolute atomic E-state index is 12.1. The highest BCUT2D eigenvalue weighted by Crippen LogP contribution is 2.32. The fourth-order valence-electron chi connectivity index (χ4n) is 1.72. The first-order valence-electron chi connectivity index (χ1n) is 5.32. The van der Waals surface area contributed by atoms with E-state index in [1.807, 2.05) is 0 Å². The predicted molar refractivity (Wildman–Crippen MR) is 59.7 cm³/mol. The van der Waals surface area contributed by atoms with Crippen LogP contribution in [0.5, 0.6) is 5.75 Å². The lowest BCUT2D eigenvalue weighted by Crippen LogP contribution is -2.34. The molecule has 1 aromatic rings. The molecule has 0 radical (unpaired) electrons. The van der Waals surface area contributed by atoms with Gasteiger partial charge in [0, 0.05) is 6.54 Å². The monoisotopic (exact) mass is 281 g/mol. The summed E-state index contributed by atoms with van der Waals surface area (Å²) in [6, 6.07) is 4.14. The van der Waals surface area contributed by atoms with Crippen molar-refractivity contribution in [2.24, 2.45) is 0 Å². The summed E-state index contributed by atoms with van der Waals surface area (Å²) in [5, 5.41) is 3.11. The van der Waals surface area contributed by atoms with Crippen molar-refractivity contribution in [2.75, 3.05) is 19.8 Å². The quantitative estimate of drug-likeness (QED) is 0.904. The minimum absolute atomic E-state index is 0.0591. The molecule has 1 aromatic carbocycles. The number of morpholine rings is 1. The molecule has 1 aliphatic rings. The minimum atomic E-state index is -4.74. The van der Waals surface area contributed by atoms with E-state index in [1.54, 1.807) is 6.07 Å². The van der Waals surface area contributed by atoms with Crippen molar-refractivity contribution in [1.29, 1.82) is 0 Å². The molecule has 2 rings (SSSR count). The molecule has 18 heavy (non-hydrogen) atoms. The molecule has 1 atom stereocenters. The molecule has 0 amide bonds. The molecular formula is C11H11ClF3NO2. The average molecular weight is 282 g/mol. The van der Waals surface area contributed by atoms with Gasteiger partial charge in [0.2, 0.25) is 0 Å². The second-order valence-electron chi connectivity index (χ2n) is 3.82. The van der Waals surface area contributed by atoms with Gasteiger partial charge in [-0.1, -0.05) is 17.7 Å². The van der Waals surface area contributed by atoms with Gasteiger partial charge in [0.25, 0.3) is 0 Å². The molecule has 0 aliphatic carbocycles. The van der Waals surface area contributed by atoms with Crippen LogP contribution < -0.4 is 10.1 Å². The average Bonchev–Trinajstić information content (AvgIpc) is 2.31. The van der Waals surface area contributed by atoms with Crippen LogP contribution in [-0.2, 0) is 4.74 Å². The lowest BCUT2D eigenvalue weighted by Gasteiger charge is -2.24. The van der Waals surface area contributed by atoms with Crippen LogP contribution in [0.2, 0.25) is 5.02 Å². The Labute approximate surface area is 107 Å². The molecule has 100 valence electrons. The Bertz CT molecular complexity index is 419. The van der Waals surface area contributed by atoms with Gasteiger partial charge >= 0.3 is 6.36 Å². The molecule has 1 aliphatic heterocycles. The molecule has 0 unspecified atom stereocenters. The van der Waals surface area contributed by atoms with Gasteiger partial charge in [-0.3, -0.25) is 0 Å². The molecule has 1 saturated heterocycles. The number of hydrogen-bond donors (Lipinski definition) is 1. The number of hydrogen-bond acceptors (Lipinski definition) is 3. The lowest BCUT2D eigenvalue weighted by molar-refractivity contribution is -0.274. The number of ether oxygens (including phenoxy) is 2. The Hall–Kier alpha value is -0.980. The molecule has 0 aromatic heterocycles. The third kappa shape index (κ3) is 3.51. The van der Waals surface area contributed by atoms with Gasteiger partial charge in [0.15, 0.2) is 0 Å². The van der Waals surface area contributed by atoms with E-state index >= 15 is 0 Å². The van der Waals surface area contributed by atoms with Crippen molar-refractivity contribution < 1.29 is 22.6 Å². The van der Waals surface area contributed by atoms with Crippen LogP contribution in [0.1, 0.15) is 11.6 Å².